The van der Waals surface area contributed by atoms with Crippen LogP contribution in [0.2, 0.25) is 0 Å². The molecule has 0 aliphatic rings. The summed E-state index contributed by atoms with van der Waals surface area (Å²) < 4.78 is 77.3. The van der Waals surface area contributed by atoms with Gasteiger partial charge in [0.05, 0.1) is 35.2 Å². The summed E-state index contributed by atoms with van der Waals surface area (Å²) >= 11 is 0. The van der Waals surface area contributed by atoms with E-state index >= 15 is 0 Å². The molecule has 0 atom stereocenters. The summed E-state index contributed by atoms with van der Waals surface area (Å²) in [6.07, 6.45) is -3.21. The summed E-state index contributed by atoms with van der Waals surface area (Å²) in [5.74, 6) is 0.615. The lowest BCUT2D eigenvalue weighted by molar-refractivity contribution is -0.137. The van der Waals surface area contributed by atoms with E-state index in [2.05, 4.69) is 20.0 Å². The lowest BCUT2D eigenvalue weighted by Crippen LogP contribution is -2.18. The fourth-order valence-corrected chi connectivity index (χ4v) is 4.51. The Morgan fingerprint density at radius 3 is 2.35 bits per heavy atom. The van der Waals surface area contributed by atoms with E-state index in [1.807, 2.05) is 0 Å². The highest BCUT2D eigenvalue weighted by atomic mass is 32.2. The maximum Gasteiger partial charge on any atom is 0.416 e. The van der Waals surface area contributed by atoms with Gasteiger partial charge in [-0.05, 0) is 63.2 Å². The lowest BCUT2D eigenvalue weighted by atomic mass is 9.96. The van der Waals surface area contributed by atoms with Crippen LogP contribution in [0.25, 0.3) is 10.9 Å². The number of halogens is 3. The van der Waals surface area contributed by atoms with Crippen molar-refractivity contribution >= 4 is 38.1 Å². The summed E-state index contributed by atoms with van der Waals surface area (Å²) in [5, 5.41) is 14.5. The van der Waals surface area contributed by atoms with Crippen molar-refractivity contribution in [2.24, 2.45) is 0 Å². The van der Waals surface area contributed by atoms with Gasteiger partial charge in [-0.3, -0.25) is 4.72 Å². The standard InChI is InChI=1S/C27H27F3N4O5S/c1-5-40(36,37)34-23-13-19-22(14-24(23)38-4)31-15-32-25(19)33-21-10-9-18(12-20(21)26(2,3)35)39-17-8-6-7-16(11-17)27(28,29)30/h6-15,34-35H,5H2,1-4H3,(H,31,32,33). The fourth-order valence-electron chi connectivity index (χ4n) is 3.87. The summed E-state index contributed by atoms with van der Waals surface area (Å²) in [6, 6.07) is 12.2. The van der Waals surface area contributed by atoms with E-state index < -0.39 is 27.4 Å². The zero-order valence-corrected chi connectivity index (χ0v) is 22.8. The lowest BCUT2D eigenvalue weighted by Gasteiger charge is -2.23. The SMILES string of the molecule is CCS(=O)(=O)Nc1cc2c(Nc3ccc(Oc4cccc(C(F)(F)F)c4)cc3C(C)(C)O)ncnc2cc1OC. The molecule has 3 aromatic carbocycles. The predicted octanol–water partition coefficient (Wildman–Crippen LogP) is 6.18. The summed E-state index contributed by atoms with van der Waals surface area (Å²) in [5.41, 5.74) is -0.799. The molecule has 0 bridgehead atoms. The topological polar surface area (TPSA) is 123 Å². The van der Waals surface area contributed by atoms with Gasteiger partial charge in [0.15, 0.2) is 0 Å². The van der Waals surface area contributed by atoms with Gasteiger partial charge in [0.2, 0.25) is 10.0 Å². The molecular weight excluding hydrogens is 549 g/mol. The second-order valence-electron chi connectivity index (χ2n) is 9.32. The van der Waals surface area contributed by atoms with Crippen molar-refractivity contribution in [3.05, 3.63) is 72.1 Å². The zero-order chi connectivity index (χ0) is 29.3. The minimum Gasteiger partial charge on any atom is -0.494 e. The molecule has 212 valence electrons. The summed E-state index contributed by atoms with van der Waals surface area (Å²) in [7, 11) is -2.21. The van der Waals surface area contributed by atoms with E-state index in [1.165, 1.54) is 44.6 Å². The van der Waals surface area contributed by atoms with Gasteiger partial charge in [-0.25, -0.2) is 18.4 Å². The van der Waals surface area contributed by atoms with Gasteiger partial charge in [0.1, 0.15) is 29.4 Å². The first-order valence-corrected chi connectivity index (χ1v) is 13.7. The van der Waals surface area contributed by atoms with Crippen LogP contribution in [0.1, 0.15) is 31.9 Å². The van der Waals surface area contributed by atoms with Crippen molar-refractivity contribution < 1.29 is 36.2 Å². The molecule has 13 heteroatoms. The number of rotatable bonds is 9. The van der Waals surface area contributed by atoms with Crippen LogP contribution >= 0.6 is 0 Å². The molecule has 0 saturated heterocycles. The number of nitrogens with zero attached hydrogens (tertiary/aromatic N) is 2. The fraction of sp³-hybridized carbons (Fsp3) is 0.259. The molecule has 0 fully saturated rings. The molecule has 40 heavy (non-hydrogen) atoms. The van der Waals surface area contributed by atoms with E-state index in [-0.39, 0.29) is 28.7 Å². The number of fused-ring (bicyclic) bond motifs is 1. The number of hydrogen-bond donors (Lipinski definition) is 3. The molecule has 0 amide bonds. The Labute approximate surface area is 229 Å². The Balaban J connectivity index is 1.73. The molecule has 3 N–H and O–H groups in total. The Bertz CT molecular complexity index is 1650. The van der Waals surface area contributed by atoms with Gasteiger partial charge in [-0.15, -0.1) is 0 Å². The number of nitrogens with one attached hydrogen (secondary N) is 2. The minimum absolute atomic E-state index is 0.0185. The van der Waals surface area contributed by atoms with Crippen LogP contribution in [0.3, 0.4) is 0 Å². The highest BCUT2D eigenvalue weighted by Gasteiger charge is 2.31. The molecular formula is C27H27F3N4O5S. The van der Waals surface area contributed by atoms with Gasteiger partial charge >= 0.3 is 6.18 Å². The second-order valence-corrected chi connectivity index (χ2v) is 11.3. The van der Waals surface area contributed by atoms with E-state index in [4.69, 9.17) is 9.47 Å². The van der Waals surface area contributed by atoms with E-state index in [0.29, 0.717) is 28.0 Å². The van der Waals surface area contributed by atoms with Gasteiger partial charge in [-0.1, -0.05) is 6.07 Å². The van der Waals surface area contributed by atoms with Crippen LogP contribution in [-0.2, 0) is 21.8 Å². The summed E-state index contributed by atoms with van der Waals surface area (Å²) in [6.45, 7) is 4.59. The third-order valence-corrected chi connectivity index (χ3v) is 7.19. The number of methoxy groups -OCH3 is 1. The monoisotopic (exact) mass is 576 g/mol. The van der Waals surface area contributed by atoms with E-state index in [9.17, 15) is 26.7 Å². The number of aromatic nitrogens is 2. The maximum atomic E-state index is 13.1. The quantitative estimate of drug-likeness (QED) is 0.216. The molecule has 0 aliphatic carbocycles. The number of alkyl halides is 3. The molecule has 0 aliphatic heterocycles. The number of aliphatic hydroxyl groups is 1. The van der Waals surface area contributed by atoms with Gasteiger partial charge < -0.3 is 19.9 Å². The van der Waals surface area contributed by atoms with Crippen molar-refractivity contribution in [1.82, 2.24) is 9.97 Å². The van der Waals surface area contributed by atoms with Gasteiger partial charge in [-0.2, -0.15) is 13.2 Å². The summed E-state index contributed by atoms with van der Waals surface area (Å²) in [4.78, 5) is 8.55. The Morgan fingerprint density at radius 2 is 1.70 bits per heavy atom. The molecule has 1 heterocycles. The van der Waals surface area contributed by atoms with Crippen molar-refractivity contribution in [1.29, 1.82) is 0 Å². The third kappa shape index (κ3) is 6.54. The second kappa shape index (κ2) is 10.8. The van der Waals surface area contributed by atoms with E-state index in [0.717, 1.165) is 12.1 Å². The molecule has 0 unspecified atom stereocenters. The first kappa shape index (κ1) is 28.9. The van der Waals surface area contributed by atoms with Crippen LogP contribution < -0.4 is 19.5 Å². The van der Waals surface area contributed by atoms with Crippen LogP contribution in [0.4, 0.5) is 30.4 Å². The zero-order valence-electron chi connectivity index (χ0n) is 22.0. The predicted molar refractivity (Wildman–Crippen MR) is 146 cm³/mol. The highest BCUT2D eigenvalue weighted by Crippen LogP contribution is 2.38. The number of ether oxygens (including phenoxy) is 2. The van der Waals surface area contributed by atoms with Crippen molar-refractivity contribution in [3.63, 3.8) is 0 Å². The van der Waals surface area contributed by atoms with Crippen LogP contribution in [-0.4, -0.2) is 36.4 Å². The molecule has 9 nitrogen and oxygen atoms in total. The normalized spacial score (nSPS) is 12.3. The smallest absolute Gasteiger partial charge is 0.416 e. The van der Waals surface area contributed by atoms with Crippen molar-refractivity contribution in [2.45, 2.75) is 32.5 Å². The van der Waals surface area contributed by atoms with Crippen molar-refractivity contribution in [3.8, 4) is 17.2 Å². The molecule has 1 aromatic heterocycles. The van der Waals surface area contributed by atoms with Gasteiger partial charge in [0.25, 0.3) is 0 Å². The molecule has 4 rings (SSSR count). The largest absolute Gasteiger partial charge is 0.494 e. The molecule has 0 saturated carbocycles. The first-order chi connectivity index (χ1) is 18.7. The number of benzene rings is 3. The Kier molecular flexibility index (Phi) is 7.81. The Hall–Kier alpha value is -4.10. The molecule has 4 aromatic rings. The third-order valence-electron chi connectivity index (χ3n) is 5.90. The molecule has 0 radical (unpaired) electrons. The number of sulfonamides is 1. The highest BCUT2D eigenvalue weighted by molar-refractivity contribution is 7.92. The Morgan fingerprint density at radius 1 is 0.975 bits per heavy atom. The van der Waals surface area contributed by atoms with E-state index in [1.54, 1.807) is 32.0 Å². The minimum atomic E-state index is -4.52. The first-order valence-electron chi connectivity index (χ1n) is 12.0. The van der Waals surface area contributed by atoms with Gasteiger partial charge in [0, 0.05) is 22.7 Å². The maximum absolute atomic E-state index is 13.1. The average Bonchev–Trinajstić information content (AvgIpc) is 2.88. The molecule has 0 spiro atoms. The van der Waals surface area contributed by atoms with Crippen LogP contribution in [0, 0.1) is 0 Å². The number of anilines is 3. The average molecular weight is 577 g/mol. The van der Waals surface area contributed by atoms with Crippen LogP contribution in [0.15, 0.2) is 60.9 Å². The number of hydrogen-bond acceptors (Lipinski definition) is 8. The van der Waals surface area contributed by atoms with Crippen molar-refractivity contribution in [2.75, 3.05) is 22.9 Å². The van der Waals surface area contributed by atoms with Crippen LogP contribution in [0.5, 0.6) is 17.2 Å².